The average Bonchev–Trinajstić information content (AvgIpc) is 3.33. The third-order valence-corrected chi connectivity index (χ3v) is 3.39. The number of carbonyl (C=O) groups excluding carboxylic acids is 2. The molecule has 1 N–H and O–H groups in total. The number of benzene rings is 1. The molecule has 0 bridgehead atoms. The molecule has 0 fully saturated rings. The molecule has 0 aliphatic carbocycles. The first-order chi connectivity index (χ1) is 12.1. The first kappa shape index (κ1) is 16.4. The van der Waals surface area contributed by atoms with Crippen LogP contribution < -0.4 is 5.32 Å². The van der Waals surface area contributed by atoms with Crippen molar-refractivity contribution in [2.45, 2.75) is 19.6 Å². The molecule has 1 aromatic carbocycles. The maximum atomic E-state index is 12.1. The Labute approximate surface area is 142 Å². The maximum Gasteiger partial charge on any atom is 0.338 e. The van der Waals surface area contributed by atoms with Crippen molar-refractivity contribution in [1.29, 1.82) is 0 Å². The van der Waals surface area contributed by atoms with E-state index in [9.17, 15) is 9.59 Å². The molecule has 9 heteroatoms. The Morgan fingerprint density at radius 1 is 1.28 bits per heavy atom. The van der Waals surface area contributed by atoms with Crippen LogP contribution in [0, 0.1) is 0 Å². The molecule has 0 spiro atoms. The fourth-order valence-corrected chi connectivity index (χ4v) is 2.04. The van der Waals surface area contributed by atoms with Gasteiger partial charge in [0.25, 0.3) is 5.91 Å². The number of nitrogens with zero attached hydrogens (tertiary/aromatic N) is 4. The van der Waals surface area contributed by atoms with Crippen LogP contribution in [0.4, 0.5) is 0 Å². The Bertz CT molecular complexity index is 828. The van der Waals surface area contributed by atoms with Gasteiger partial charge >= 0.3 is 5.97 Å². The first-order valence-corrected chi connectivity index (χ1v) is 7.48. The lowest BCUT2D eigenvalue weighted by Crippen LogP contribution is -2.35. The number of furan rings is 1. The van der Waals surface area contributed by atoms with Gasteiger partial charge < -0.3 is 14.5 Å². The van der Waals surface area contributed by atoms with Crippen molar-refractivity contribution in [3.63, 3.8) is 0 Å². The van der Waals surface area contributed by atoms with E-state index >= 15 is 0 Å². The van der Waals surface area contributed by atoms with E-state index in [0.717, 1.165) is 0 Å². The lowest BCUT2D eigenvalue weighted by atomic mass is 10.2. The molecule has 0 aliphatic heterocycles. The normalized spacial score (nSPS) is 11.7. The SMILES string of the molecule is C[C@@H](OC(=O)c1ccc(-n2cnnn2)cc1)C(=O)NCc1ccco1. The van der Waals surface area contributed by atoms with Gasteiger partial charge in [0.2, 0.25) is 0 Å². The van der Waals surface area contributed by atoms with Crippen molar-refractivity contribution in [3.05, 3.63) is 60.3 Å². The minimum Gasteiger partial charge on any atom is -0.467 e. The summed E-state index contributed by atoms with van der Waals surface area (Å²) in [5.74, 6) is -0.385. The van der Waals surface area contributed by atoms with Crippen molar-refractivity contribution >= 4 is 11.9 Å². The highest BCUT2D eigenvalue weighted by Crippen LogP contribution is 2.10. The van der Waals surface area contributed by atoms with E-state index in [1.807, 2.05) is 0 Å². The second-order valence-electron chi connectivity index (χ2n) is 5.15. The summed E-state index contributed by atoms with van der Waals surface area (Å²) in [6, 6.07) is 9.97. The zero-order valence-corrected chi connectivity index (χ0v) is 13.3. The van der Waals surface area contributed by atoms with E-state index in [1.54, 1.807) is 36.4 Å². The van der Waals surface area contributed by atoms with Gasteiger partial charge in [0.15, 0.2) is 6.10 Å². The number of tetrazole rings is 1. The highest BCUT2D eigenvalue weighted by atomic mass is 16.5. The predicted molar refractivity (Wildman–Crippen MR) is 84.6 cm³/mol. The lowest BCUT2D eigenvalue weighted by Gasteiger charge is -2.13. The van der Waals surface area contributed by atoms with E-state index in [-0.39, 0.29) is 6.54 Å². The number of esters is 1. The summed E-state index contributed by atoms with van der Waals surface area (Å²) in [5, 5.41) is 13.5. The summed E-state index contributed by atoms with van der Waals surface area (Å²) in [4.78, 5) is 24.1. The smallest absolute Gasteiger partial charge is 0.338 e. The molecule has 0 radical (unpaired) electrons. The van der Waals surface area contributed by atoms with Gasteiger partial charge in [0.05, 0.1) is 24.1 Å². The fourth-order valence-electron chi connectivity index (χ4n) is 2.04. The summed E-state index contributed by atoms with van der Waals surface area (Å²) in [6.07, 6.45) is 2.03. The Hall–Kier alpha value is -3.49. The van der Waals surface area contributed by atoms with E-state index in [4.69, 9.17) is 9.15 Å². The van der Waals surface area contributed by atoms with Gasteiger partial charge in [0, 0.05) is 0 Å². The molecule has 0 saturated carbocycles. The quantitative estimate of drug-likeness (QED) is 0.668. The van der Waals surface area contributed by atoms with Crippen molar-refractivity contribution < 1.29 is 18.7 Å². The van der Waals surface area contributed by atoms with Crippen LogP contribution in [0.2, 0.25) is 0 Å². The van der Waals surface area contributed by atoms with Gasteiger partial charge in [-0.15, -0.1) is 5.10 Å². The Balaban J connectivity index is 1.54. The van der Waals surface area contributed by atoms with E-state index in [2.05, 4.69) is 20.8 Å². The van der Waals surface area contributed by atoms with Crippen LogP contribution >= 0.6 is 0 Å². The van der Waals surface area contributed by atoms with E-state index in [1.165, 1.54) is 24.2 Å². The van der Waals surface area contributed by atoms with Gasteiger partial charge in [-0.2, -0.15) is 0 Å². The molecule has 2 heterocycles. The van der Waals surface area contributed by atoms with Crippen LogP contribution in [0.5, 0.6) is 0 Å². The van der Waals surface area contributed by atoms with Gasteiger partial charge in [-0.25, -0.2) is 9.48 Å². The number of nitrogens with one attached hydrogen (secondary N) is 1. The van der Waals surface area contributed by atoms with Crippen LogP contribution in [-0.4, -0.2) is 38.2 Å². The topological polar surface area (TPSA) is 112 Å². The van der Waals surface area contributed by atoms with Crippen LogP contribution in [-0.2, 0) is 16.1 Å². The number of aromatic nitrogens is 4. The summed E-state index contributed by atoms with van der Waals surface area (Å²) >= 11 is 0. The van der Waals surface area contributed by atoms with Crippen LogP contribution in [0.15, 0.2) is 53.4 Å². The standard InChI is InChI=1S/C16H15N5O4/c1-11(15(22)17-9-14-3-2-8-24-14)25-16(23)12-4-6-13(7-5-12)21-10-18-19-20-21/h2-8,10-11H,9H2,1H3,(H,17,22)/t11-/m1/s1. The minimum absolute atomic E-state index is 0.231. The molecule has 0 unspecified atom stereocenters. The van der Waals surface area contributed by atoms with Crippen molar-refractivity contribution in [3.8, 4) is 5.69 Å². The third kappa shape index (κ3) is 4.08. The van der Waals surface area contributed by atoms with Gasteiger partial charge in [-0.3, -0.25) is 4.79 Å². The number of hydrogen-bond donors (Lipinski definition) is 1. The molecule has 9 nitrogen and oxygen atoms in total. The average molecular weight is 341 g/mol. The molecule has 1 amide bonds. The molecular weight excluding hydrogens is 326 g/mol. The lowest BCUT2D eigenvalue weighted by molar-refractivity contribution is -0.129. The number of hydrogen-bond acceptors (Lipinski definition) is 7. The van der Waals surface area contributed by atoms with E-state index < -0.39 is 18.0 Å². The summed E-state index contributed by atoms with van der Waals surface area (Å²) < 4.78 is 11.7. The molecule has 0 saturated heterocycles. The fraction of sp³-hybridized carbons (Fsp3) is 0.188. The number of carbonyl (C=O) groups is 2. The number of amides is 1. The van der Waals surface area contributed by atoms with Gasteiger partial charge in [-0.05, 0) is 53.7 Å². The highest BCUT2D eigenvalue weighted by molar-refractivity contribution is 5.92. The second-order valence-corrected chi connectivity index (χ2v) is 5.15. The van der Waals surface area contributed by atoms with Crippen molar-refractivity contribution in [1.82, 2.24) is 25.5 Å². The molecule has 3 rings (SSSR count). The maximum absolute atomic E-state index is 12.1. The monoisotopic (exact) mass is 341 g/mol. The van der Waals surface area contributed by atoms with Crippen molar-refractivity contribution in [2.75, 3.05) is 0 Å². The molecule has 1 atom stereocenters. The van der Waals surface area contributed by atoms with Gasteiger partial charge in [0.1, 0.15) is 12.1 Å². The molecule has 2 aromatic heterocycles. The number of rotatable bonds is 6. The summed E-state index contributed by atoms with van der Waals surface area (Å²) in [7, 11) is 0. The Morgan fingerprint density at radius 2 is 2.08 bits per heavy atom. The second kappa shape index (κ2) is 7.39. The molecule has 0 aliphatic rings. The summed E-state index contributed by atoms with van der Waals surface area (Å²) in [5.41, 5.74) is 1.02. The van der Waals surface area contributed by atoms with Gasteiger partial charge in [-0.1, -0.05) is 0 Å². The summed E-state index contributed by atoms with van der Waals surface area (Å²) in [6.45, 7) is 1.74. The van der Waals surface area contributed by atoms with E-state index in [0.29, 0.717) is 17.0 Å². The molecule has 3 aromatic rings. The molecular formula is C16H15N5O4. The Kier molecular flexibility index (Phi) is 4.84. The zero-order valence-electron chi connectivity index (χ0n) is 13.3. The van der Waals surface area contributed by atoms with Crippen molar-refractivity contribution in [2.24, 2.45) is 0 Å². The first-order valence-electron chi connectivity index (χ1n) is 7.48. The van der Waals surface area contributed by atoms with Crippen LogP contribution in [0.25, 0.3) is 5.69 Å². The molecule has 128 valence electrons. The predicted octanol–water partition coefficient (Wildman–Crippen LogP) is 1.12. The zero-order chi connectivity index (χ0) is 17.6. The Morgan fingerprint density at radius 3 is 2.72 bits per heavy atom. The largest absolute Gasteiger partial charge is 0.467 e. The minimum atomic E-state index is -0.929. The van der Waals surface area contributed by atoms with Crippen LogP contribution in [0.1, 0.15) is 23.0 Å². The van der Waals surface area contributed by atoms with Crippen LogP contribution in [0.3, 0.4) is 0 Å². The molecule has 25 heavy (non-hydrogen) atoms. The highest BCUT2D eigenvalue weighted by Gasteiger charge is 2.19. The third-order valence-electron chi connectivity index (χ3n) is 3.39. The number of ether oxygens (including phenoxy) is 1.